The number of rotatable bonds is 3. The van der Waals surface area contributed by atoms with E-state index in [1.807, 2.05) is 12.2 Å². The molecule has 0 saturated carbocycles. The first-order valence-electron chi connectivity index (χ1n) is 9.19. The number of benzene rings is 3. The zero-order valence-electron chi connectivity index (χ0n) is 15.6. The second-order valence-corrected chi connectivity index (χ2v) is 8.57. The molecule has 0 unspecified atom stereocenters. The van der Waals surface area contributed by atoms with Gasteiger partial charge in [0, 0.05) is 25.8 Å². The van der Waals surface area contributed by atoms with Crippen molar-refractivity contribution in [3.05, 3.63) is 121 Å². The largest absolute Gasteiger partial charge is 0.273 e. The maximum absolute atomic E-state index is 2.99. The van der Waals surface area contributed by atoms with E-state index in [0.29, 0.717) is 0 Å². The van der Waals surface area contributed by atoms with Crippen molar-refractivity contribution in [2.75, 3.05) is 0 Å². The number of allylic oxidation sites excluding steroid dienone is 4. The molecule has 0 amide bonds. The molecule has 0 nitrogen and oxygen atoms in total. The molecule has 1 aliphatic rings. The summed E-state index contributed by atoms with van der Waals surface area (Å²) in [4.78, 5) is 0. The van der Waals surface area contributed by atoms with Gasteiger partial charge in [0.2, 0.25) is 0 Å². The molecule has 4 aromatic carbocycles. The summed E-state index contributed by atoms with van der Waals surface area (Å²) in [6.45, 7) is 0. The van der Waals surface area contributed by atoms with Gasteiger partial charge in [-0.25, -0.2) is 12.2 Å². The molecule has 0 spiro atoms. The molecular weight excluding hydrogens is 522 g/mol. The minimum absolute atomic E-state index is 0. The monoisotopic (exact) mass is 544 g/mol. The number of fused-ring (bicyclic) bond motifs is 1. The standard InChI is InChI=1S/C21H16P.C5H5.Hf/c1-3-11-19(12-4-1)22(20-13-5-2-6-14-20)21-15-17-9-7-8-10-18(17)16-21;1-2-4-5-3-1;/h1-16H;1-3H,4H2;/q2*-1;. The predicted molar refractivity (Wildman–Crippen MR) is 120 cm³/mol. The van der Waals surface area contributed by atoms with Crippen LogP contribution in [0.15, 0.2) is 115 Å². The van der Waals surface area contributed by atoms with E-state index in [0.717, 1.165) is 6.42 Å². The summed E-state index contributed by atoms with van der Waals surface area (Å²) in [6, 6.07) is 35.0. The summed E-state index contributed by atoms with van der Waals surface area (Å²) >= 11 is 0. The van der Waals surface area contributed by atoms with Crippen LogP contribution in [0.25, 0.3) is 10.8 Å². The summed E-state index contributed by atoms with van der Waals surface area (Å²) in [5.74, 6) is 0. The van der Waals surface area contributed by atoms with Crippen molar-refractivity contribution in [3.8, 4) is 0 Å². The molecule has 0 aliphatic heterocycles. The molecule has 1 aliphatic carbocycles. The quantitative estimate of drug-likeness (QED) is 0.179. The second kappa shape index (κ2) is 10.6. The maximum atomic E-state index is 2.99. The Morgan fingerprint density at radius 1 is 0.750 bits per heavy atom. The SMILES string of the molecule is [C-]1=CC=CC1.[Hf].c1ccc(P(c2ccccc2)c2cc3ccccc3[cH-]2)cc1. The molecule has 136 valence electrons. The fraction of sp³-hybridized carbons (Fsp3) is 0.0385. The average Bonchev–Trinajstić information content (AvgIpc) is 3.43. The van der Waals surface area contributed by atoms with E-state index in [1.54, 1.807) is 0 Å². The molecule has 0 N–H and O–H groups in total. The van der Waals surface area contributed by atoms with Crippen molar-refractivity contribution in [3.63, 3.8) is 0 Å². The smallest absolute Gasteiger partial charge is 0 e. The molecule has 0 saturated heterocycles. The molecule has 2 heteroatoms. The van der Waals surface area contributed by atoms with Gasteiger partial charge < -0.3 is 0 Å². The van der Waals surface area contributed by atoms with Gasteiger partial charge in [-0.05, 0) is 18.5 Å². The van der Waals surface area contributed by atoms with Crippen molar-refractivity contribution in [1.82, 2.24) is 0 Å². The summed E-state index contributed by atoms with van der Waals surface area (Å²) < 4.78 is 0. The van der Waals surface area contributed by atoms with Crippen LogP contribution in [-0.4, -0.2) is 0 Å². The van der Waals surface area contributed by atoms with E-state index in [4.69, 9.17) is 0 Å². The van der Waals surface area contributed by atoms with E-state index >= 15 is 0 Å². The average molecular weight is 543 g/mol. The van der Waals surface area contributed by atoms with Crippen molar-refractivity contribution >= 4 is 34.6 Å². The van der Waals surface area contributed by atoms with Gasteiger partial charge in [-0.1, -0.05) is 66.7 Å². The topological polar surface area (TPSA) is 0 Å². The zero-order chi connectivity index (χ0) is 18.3. The first kappa shape index (κ1) is 20.8. The van der Waals surface area contributed by atoms with Gasteiger partial charge in [0.05, 0.1) is 0 Å². The van der Waals surface area contributed by atoms with E-state index in [-0.39, 0.29) is 25.8 Å². The fourth-order valence-corrected chi connectivity index (χ4v) is 5.58. The third-order valence-electron chi connectivity index (χ3n) is 4.48. The summed E-state index contributed by atoms with van der Waals surface area (Å²) in [5.41, 5.74) is 0. The summed E-state index contributed by atoms with van der Waals surface area (Å²) in [6.07, 6.45) is 10.0. The van der Waals surface area contributed by atoms with Gasteiger partial charge in [-0.2, -0.15) is 12.1 Å². The van der Waals surface area contributed by atoms with Crippen molar-refractivity contribution in [2.45, 2.75) is 6.42 Å². The minimum atomic E-state index is -0.493. The molecule has 5 rings (SSSR count). The van der Waals surface area contributed by atoms with Crippen LogP contribution in [0.5, 0.6) is 0 Å². The number of hydrogen-bond donors (Lipinski definition) is 0. The molecule has 0 atom stereocenters. The first-order valence-corrected chi connectivity index (χ1v) is 10.5. The van der Waals surface area contributed by atoms with Crippen LogP contribution in [-0.2, 0) is 25.8 Å². The molecule has 0 heterocycles. The van der Waals surface area contributed by atoms with Crippen molar-refractivity contribution in [2.24, 2.45) is 0 Å². The normalized spacial score (nSPS) is 11.9. The van der Waals surface area contributed by atoms with Gasteiger partial charge >= 0.3 is 0 Å². The Labute approximate surface area is 187 Å². The Hall–Kier alpha value is -1.95. The Bertz CT molecular complexity index is 963. The molecule has 28 heavy (non-hydrogen) atoms. The van der Waals surface area contributed by atoms with E-state index < -0.39 is 7.92 Å². The van der Waals surface area contributed by atoms with E-state index in [9.17, 15) is 0 Å². The first-order chi connectivity index (χ1) is 13.4. The third kappa shape index (κ3) is 5.10. The molecule has 0 aromatic heterocycles. The van der Waals surface area contributed by atoms with E-state index in [2.05, 4.69) is 109 Å². The minimum Gasteiger partial charge on any atom is -0.273 e. The van der Waals surface area contributed by atoms with Gasteiger partial charge in [0.15, 0.2) is 0 Å². The fourth-order valence-electron chi connectivity index (χ4n) is 3.20. The maximum Gasteiger partial charge on any atom is 0 e. The second-order valence-electron chi connectivity index (χ2n) is 6.35. The van der Waals surface area contributed by atoms with Gasteiger partial charge in [0.1, 0.15) is 0 Å². The van der Waals surface area contributed by atoms with Gasteiger partial charge in [-0.3, -0.25) is 6.08 Å². The zero-order valence-corrected chi connectivity index (χ0v) is 20.1. The van der Waals surface area contributed by atoms with Crippen LogP contribution in [0.4, 0.5) is 0 Å². The molecule has 0 radical (unpaired) electrons. The van der Waals surface area contributed by atoms with Gasteiger partial charge in [0.25, 0.3) is 0 Å². The molecule has 0 fully saturated rings. The molecule has 4 aromatic rings. The Kier molecular flexibility index (Phi) is 7.83. The Balaban J connectivity index is 0.000000329. The third-order valence-corrected chi connectivity index (χ3v) is 6.88. The molecular formula is C26H21HfP-2. The Morgan fingerprint density at radius 3 is 1.86 bits per heavy atom. The van der Waals surface area contributed by atoms with Crippen molar-refractivity contribution < 1.29 is 25.8 Å². The van der Waals surface area contributed by atoms with Crippen LogP contribution in [0, 0.1) is 6.08 Å². The van der Waals surface area contributed by atoms with Gasteiger partial charge in [-0.15, -0.1) is 46.8 Å². The van der Waals surface area contributed by atoms with Crippen LogP contribution >= 0.6 is 7.92 Å². The van der Waals surface area contributed by atoms with Crippen molar-refractivity contribution in [1.29, 1.82) is 0 Å². The number of hydrogen-bond acceptors (Lipinski definition) is 0. The van der Waals surface area contributed by atoms with Crippen LogP contribution in [0.3, 0.4) is 0 Å². The summed E-state index contributed by atoms with van der Waals surface area (Å²) in [7, 11) is -0.493. The summed E-state index contributed by atoms with van der Waals surface area (Å²) in [5, 5.41) is 6.89. The molecule has 0 bridgehead atoms. The van der Waals surface area contributed by atoms with E-state index in [1.165, 1.54) is 26.7 Å². The van der Waals surface area contributed by atoms with Crippen LogP contribution in [0.1, 0.15) is 6.42 Å². The van der Waals surface area contributed by atoms with Crippen LogP contribution < -0.4 is 15.9 Å². The predicted octanol–water partition coefficient (Wildman–Crippen LogP) is 5.62. The Morgan fingerprint density at radius 2 is 1.36 bits per heavy atom. The van der Waals surface area contributed by atoms with Crippen LogP contribution in [0.2, 0.25) is 0 Å².